The van der Waals surface area contributed by atoms with Crippen LogP contribution in [0, 0.1) is 13.8 Å². The molecule has 0 N–H and O–H groups in total. The van der Waals surface area contributed by atoms with Crippen LogP contribution >= 0.6 is 23.2 Å². The topological polar surface area (TPSA) is 30.7 Å². The molecule has 0 spiro atoms. The molecule has 0 radical (unpaired) electrons. The molecule has 0 amide bonds. The molecule has 0 saturated heterocycles. The molecule has 4 rings (SSSR count). The van der Waals surface area contributed by atoms with Crippen molar-refractivity contribution < 1.29 is 0 Å². The lowest BCUT2D eigenvalue weighted by atomic mass is 10.1. The quantitative estimate of drug-likeness (QED) is 0.434. The van der Waals surface area contributed by atoms with E-state index in [4.69, 9.17) is 33.3 Å². The number of rotatable bonds is 2. The van der Waals surface area contributed by atoms with E-state index in [9.17, 15) is 0 Å². The lowest BCUT2D eigenvalue weighted by molar-refractivity contribution is 0.898. The minimum absolute atomic E-state index is 0.665. The Hall–Kier alpha value is -2.36. The van der Waals surface area contributed by atoms with Crippen molar-refractivity contribution in [1.29, 1.82) is 0 Å². The predicted octanol–water partition coefficient (Wildman–Crippen LogP) is 6.01. The van der Waals surface area contributed by atoms with Crippen molar-refractivity contribution in [2.75, 3.05) is 0 Å². The van der Waals surface area contributed by atoms with Gasteiger partial charge in [0.15, 0.2) is 5.65 Å². The van der Waals surface area contributed by atoms with Gasteiger partial charge in [-0.2, -0.15) is 5.10 Å². The van der Waals surface area contributed by atoms with E-state index >= 15 is 0 Å². The lowest BCUT2D eigenvalue weighted by Gasteiger charge is -2.04. The zero-order valence-corrected chi connectivity index (χ0v) is 15.3. The smallest absolute Gasteiger partial charge is 0.164 e. The molecular weight excluding hydrogens is 353 g/mol. The number of benzene rings is 2. The second-order valence-electron chi connectivity index (χ2n) is 6.03. The van der Waals surface area contributed by atoms with E-state index in [0.29, 0.717) is 10.0 Å². The maximum Gasteiger partial charge on any atom is 0.164 e. The van der Waals surface area contributed by atoms with Crippen molar-refractivity contribution in [3.8, 4) is 16.9 Å². The van der Waals surface area contributed by atoms with Crippen LogP contribution in [0.5, 0.6) is 0 Å². The van der Waals surface area contributed by atoms with Crippen molar-refractivity contribution in [2.45, 2.75) is 13.8 Å². The van der Waals surface area contributed by atoms with Crippen molar-refractivity contribution in [3.05, 3.63) is 75.9 Å². The Morgan fingerprint density at radius 3 is 2.36 bits per heavy atom. The van der Waals surface area contributed by atoms with E-state index in [2.05, 4.69) is 13.0 Å². The van der Waals surface area contributed by atoms with Crippen LogP contribution in [-0.4, -0.2) is 14.8 Å². The number of hydrogen-bond acceptors (Lipinski definition) is 2. The Kier molecular flexibility index (Phi) is 3.98. The first-order chi connectivity index (χ1) is 12.0. The fraction of sp³-hybridized carbons (Fsp3) is 0.100. The first-order valence-corrected chi connectivity index (χ1v) is 8.67. The molecule has 4 aromatic rings. The van der Waals surface area contributed by atoms with Crippen LogP contribution in [0.2, 0.25) is 10.0 Å². The van der Waals surface area contributed by atoms with Gasteiger partial charge >= 0.3 is 0 Å². The van der Waals surface area contributed by atoms with E-state index in [-0.39, 0.29) is 0 Å². The average Bonchev–Trinajstić information content (AvgIpc) is 2.95. The second kappa shape index (κ2) is 6.17. The summed E-state index contributed by atoms with van der Waals surface area (Å²) in [6.07, 6.45) is 0. The van der Waals surface area contributed by atoms with Gasteiger partial charge in [0.25, 0.3) is 0 Å². The molecule has 0 bridgehead atoms. The van der Waals surface area contributed by atoms with Gasteiger partial charge in [-0.25, -0.2) is 9.67 Å². The summed E-state index contributed by atoms with van der Waals surface area (Å²) < 4.78 is 1.85. The molecule has 5 heteroatoms. The van der Waals surface area contributed by atoms with Gasteiger partial charge in [0.05, 0.1) is 11.1 Å². The van der Waals surface area contributed by atoms with Crippen LogP contribution in [0.25, 0.3) is 28.0 Å². The van der Waals surface area contributed by atoms with Gasteiger partial charge in [-0.05, 0) is 55.8 Å². The van der Waals surface area contributed by atoms with Gasteiger partial charge in [0.2, 0.25) is 0 Å². The summed E-state index contributed by atoms with van der Waals surface area (Å²) in [4.78, 5) is 4.74. The van der Waals surface area contributed by atoms with Crippen LogP contribution in [0.3, 0.4) is 0 Å². The molecule has 124 valence electrons. The Morgan fingerprint density at radius 1 is 0.880 bits per heavy atom. The SMILES string of the molecule is Cc1cc(C)c2c(-c3ccc(Cl)cc3)nn(-c3cccc(Cl)c3)c2n1. The van der Waals surface area contributed by atoms with Crippen LogP contribution in [-0.2, 0) is 0 Å². The summed E-state index contributed by atoms with van der Waals surface area (Å²) in [7, 11) is 0. The van der Waals surface area contributed by atoms with Gasteiger partial charge in [-0.1, -0.05) is 41.4 Å². The summed E-state index contributed by atoms with van der Waals surface area (Å²) in [5.74, 6) is 0. The van der Waals surface area contributed by atoms with E-state index in [0.717, 1.165) is 39.2 Å². The van der Waals surface area contributed by atoms with Crippen LogP contribution in [0.15, 0.2) is 54.6 Å². The average molecular weight is 368 g/mol. The summed E-state index contributed by atoms with van der Waals surface area (Å²) in [5.41, 5.74) is 5.69. The van der Waals surface area contributed by atoms with Gasteiger partial charge in [-0.3, -0.25) is 0 Å². The molecule has 2 aromatic carbocycles. The third-order valence-electron chi connectivity index (χ3n) is 4.13. The highest BCUT2D eigenvalue weighted by Gasteiger charge is 2.17. The number of fused-ring (bicyclic) bond motifs is 1. The molecule has 0 aliphatic carbocycles. The van der Waals surface area contributed by atoms with E-state index < -0.39 is 0 Å². The number of hydrogen-bond donors (Lipinski definition) is 0. The number of halogens is 2. The third-order valence-corrected chi connectivity index (χ3v) is 4.62. The Labute approximate surface area is 155 Å². The molecule has 0 fully saturated rings. The summed E-state index contributed by atoms with van der Waals surface area (Å²) in [6, 6.07) is 17.4. The molecule has 0 atom stereocenters. The minimum Gasteiger partial charge on any atom is -0.233 e. The maximum atomic E-state index is 6.17. The summed E-state index contributed by atoms with van der Waals surface area (Å²) in [5, 5.41) is 7.26. The zero-order chi connectivity index (χ0) is 17.6. The lowest BCUT2D eigenvalue weighted by Crippen LogP contribution is -1.98. The molecule has 25 heavy (non-hydrogen) atoms. The summed E-state index contributed by atoms with van der Waals surface area (Å²) in [6.45, 7) is 4.07. The zero-order valence-electron chi connectivity index (χ0n) is 13.8. The fourth-order valence-electron chi connectivity index (χ4n) is 3.06. The normalized spacial score (nSPS) is 11.2. The third kappa shape index (κ3) is 2.90. The molecule has 3 nitrogen and oxygen atoms in total. The highest BCUT2D eigenvalue weighted by molar-refractivity contribution is 6.31. The van der Waals surface area contributed by atoms with Crippen molar-refractivity contribution in [3.63, 3.8) is 0 Å². The Morgan fingerprint density at radius 2 is 1.64 bits per heavy atom. The van der Waals surface area contributed by atoms with Crippen molar-refractivity contribution in [1.82, 2.24) is 14.8 Å². The summed E-state index contributed by atoms with van der Waals surface area (Å²) >= 11 is 12.2. The number of pyridine rings is 1. The van der Waals surface area contributed by atoms with E-state index in [1.807, 2.05) is 60.1 Å². The first-order valence-electron chi connectivity index (χ1n) is 7.92. The minimum atomic E-state index is 0.665. The van der Waals surface area contributed by atoms with Gasteiger partial charge in [0, 0.05) is 21.3 Å². The highest BCUT2D eigenvalue weighted by Crippen LogP contribution is 2.32. The number of nitrogens with zero attached hydrogens (tertiary/aromatic N) is 3. The van der Waals surface area contributed by atoms with E-state index in [1.54, 1.807) is 0 Å². The van der Waals surface area contributed by atoms with Crippen LogP contribution in [0.1, 0.15) is 11.3 Å². The molecule has 2 aromatic heterocycles. The fourth-order valence-corrected chi connectivity index (χ4v) is 3.37. The molecule has 0 saturated carbocycles. The van der Waals surface area contributed by atoms with E-state index in [1.165, 1.54) is 0 Å². The van der Waals surface area contributed by atoms with Crippen LogP contribution in [0.4, 0.5) is 0 Å². The van der Waals surface area contributed by atoms with Gasteiger partial charge in [0.1, 0.15) is 5.69 Å². The second-order valence-corrected chi connectivity index (χ2v) is 6.90. The van der Waals surface area contributed by atoms with Gasteiger partial charge < -0.3 is 0 Å². The standard InChI is InChI=1S/C20H15Cl2N3/c1-12-10-13(2)23-20-18(12)19(14-6-8-15(21)9-7-14)24-25(20)17-5-3-4-16(22)11-17/h3-11H,1-2H3. The monoisotopic (exact) mass is 367 g/mol. The van der Waals surface area contributed by atoms with Gasteiger partial charge in [-0.15, -0.1) is 0 Å². The molecule has 0 aliphatic heterocycles. The van der Waals surface area contributed by atoms with Crippen LogP contribution < -0.4 is 0 Å². The molecular formula is C20H15Cl2N3. The predicted molar refractivity (Wildman–Crippen MR) is 104 cm³/mol. The Balaban J connectivity index is 2.06. The van der Waals surface area contributed by atoms with Crippen molar-refractivity contribution >= 4 is 34.2 Å². The number of aromatic nitrogens is 3. The molecule has 0 aliphatic rings. The first kappa shape index (κ1) is 16.1. The van der Waals surface area contributed by atoms with Crippen molar-refractivity contribution in [2.24, 2.45) is 0 Å². The molecule has 0 unspecified atom stereocenters. The Bertz CT molecular complexity index is 1080. The molecule has 2 heterocycles. The largest absolute Gasteiger partial charge is 0.233 e. The highest BCUT2D eigenvalue weighted by atomic mass is 35.5. The number of aryl methyl sites for hydroxylation is 2. The maximum absolute atomic E-state index is 6.17.